The number of amides is 1. The van der Waals surface area contributed by atoms with Crippen molar-refractivity contribution in [2.75, 3.05) is 20.3 Å². The number of fused-ring (bicyclic) bond motifs is 1. The number of aryl methyl sites for hydroxylation is 2. The standard InChI is InChI=1S/C20H21ClN2O2S/c1-13-9-15-11-16(19(21)22-17(15)10-14(13)2)12-23(6-7-25-3)20(24)18-5-4-8-26-18/h4-5,8-11H,6-7,12H2,1-3H3. The monoisotopic (exact) mass is 388 g/mol. The fourth-order valence-corrected chi connectivity index (χ4v) is 3.68. The number of aromatic nitrogens is 1. The van der Waals surface area contributed by atoms with E-state index in [0.717, 1.165) is 16.5 Å². The second-order valence-corrected chi connectivity index (χ2v) is 7.57. The van der Waals surface area contributed by atoms with Crippen LogP contribution in [0.4, 0.5) is 0 Å². The lowest BCUT2D eigenvalue weighted by atomic mass is 10.0. The molecule has 0 atom stereocenters. The van der Waals surface area contributed by atoms with Crippen LogP contribution in [0.25, 0.3) is 10.9 Å². The van der Waals surface area contributed by atoms with Gasteiger partial charge in [-0.15, -0.1) is 11.3 Å². The summed E-state index contributed by atoms with van der Waals surface area (Å²) in [4.78, 5) is 19.8. The molecule has 3 aromatic rings. The van der Waals surface area contributed by atoms with E-state index >= 15 is 0 Å². The zero-order chi connectivity index (χ0) is 18.7. The summed E-state index contributed by atoms with van der Waals surface area (Å²) in [6.07, 6.45) is 0. The highest BCUT2D eigenvalue weighted by atomic mass is 35.5. The molecule has 1 aromatic carbocycles. The Kier molecular flexibility index (Phi) is 5.91. The molecule has 1 amide bonds. The predicted octanol–water partition coefficient (Wildman–Crippen LogP) is 4.86. The van der Waals surface area contributed by atoms with Gasteiger partial charge < -0.3 is 9.64 Å². The number of hydrogen-bond acceptors (Lipinski definition) is 4. The van der Waals surface area contributed by atoms with Crippen molar-refractivity contribution in [2.24, 2.45) is 0 Å². The maximum absolute atomic E-state index is 12.8. The van der Waals surface area contributed by atoms with Crippen molar-refractivity contribution in [3.63, 3.8) is 0 Å². The molecule has 2 heterocycles. The van der Waals surface area contributed by atoms with Gasteiger partial charge in [-0.25, -0.2) is 4.98 Å². The van der Waals surface area contributed by atoms with Gasteiger partial charge in [-0.1, -0.05) is 17.7 Å². The molecule has 0 aliphatic rings. The van der Waals surface area contributed by atoms with E-state index in [-0.39, 0.29) is 5.91 Å². The van der Waals surface area contributed by atoms with Crippen LogP contribution in [-0.4, -0.2) is 36.1 Å². The van der Waals surface area contributed by atoms with Gasteiger partial charge in [-0.05, 0) is 54.6 Å². The minimum atomic E-state index is -0.0201. The third-order valence-electron chi connectivity index (χ3n) is 4.40. The van der Waals surface area contributed by atoms with E-state index in [1.165, 1.54) is 22.5 Å². The highest BCUT2D eigenvalue weighted by Crippen LogP contribution is 2.25. The topological polar surface area (TPSA) is 42.4 Å². The highest BCUT2D eigenvalue weighted by molar-refractivity contribution is 7.12. The summed E-state index contributed by atoms with van der Waals surface area (Å²) < 4.78 is 5.17. The van der Waals surface area contributed by atoms with Crippen molar-refractivity contribution in [2.45, 2.75) is 20.4 Å². The van der Waals surface area contributed by atoms with E-state index in [9.17, 15) is 4.79 Å². The van der Waals surface area contributed by atoms with E-state index in [1.54, 1.807) is 12.0 Å². The third-order valence-corrected chi connectivity index (χ3v) is 5.59. The van der Waals surface area contributed by atoms with Gasteiger partial charge in [0.15, 0.2) is 0 Å². The largest absolute Gasteiger partial charge is 0.383 e. The summed E-state index contributed by atoms with van der Waals surface area (Å²) in [5.41, 5.74) is 4.10. The van der Waals surface area contributed by atoms with Crippen LogP contribution in [0.15, 0.2) is 35.7 Å². The van der Waals surface area contributed by atoms with E-state index in [1.807, 2.05) is 29.6 Å². The Morgan fingerprint density at radius 1 is 1.27 bits per heavy atom. The van der Waals surface area contributed by atoms with Crippen LogP contribution in [-0.2, 0) is 11.3 Å². The summed E-state index contributed by atoms with van der Waals surface area (Å²) in [7, 11) is 1.63. The van der Waals surface area contributed by atoms with Gasteiger partial charge in [0.1, 0.15) is 5.15 Å². The smallest absolute Gasteiger partial charge is 0.264 e. The summed E-state index contributed by atoms with van der Waals surface area (Å²) in [6.45, 7) is 5.50. The number of nitrogens with zero attached hydrogens (tertiary/aromatic N) is 2. The third kappa shape index (κ3) is 4.06. The number of methoxy groups -OCH3 is 1. The van der Waals surface area contributed by atoms with Crippen molar-refractivity contribution in [3.8, 4) is 0 Å². The lowest BCUT2D eigenvalue weighted by molar-refractivity contribution is 0.0685. The van der Waals surface area contributed by atoms with Crippen LogP contribution in [0.1, 0.15) is 26.4 Å². The molecule has 136 valence electrons. The van der Waals surface area contributed by atoms with Crippen molar-refractivity contribution < 1.29 is 9.53 Å². The number of thiophene rings is 1. The average molecular weight is 389 g/mol. The van der Waals surface area contributed by atoms with Crippen LogP contribution in [0.2, 0.25) is 5.15 Å². The predicted molar refractivity (Wildman–Crippen MR) is 107 cm³/mol. The number of pyridine rings is 1. The molecule has 26 heavy (non-hydrogen) atoms. The molecule has 0 saturated carbocycles. The molecule has 0 N–H and O–H groups in total. The van der Waals surface area contributed by atoms with Gasteiger partial charge in [-0.2, -0.15) is 0 Å². The van der Waals surface area contributed by atoms with Crippen molar-refractivity contribution in [3.05, 3.63) is 62.4 Å². The summed E-state index contributed by atoms with van der Waals surface area (Å²) in [6, 6.07) is 9.89. The van der Waals surface area contributed by atoms with Crippen LogP contribution >= 0.6 is 22.9 Å². The van der Waals surface area contributed by atoms with Gasteiger partial charge in [0.05, 0.1) is 17.0 Å². The number of halogens is 1. The molecule has 2 aromatic heterocycles. The Balaban J connectivity index is 1.93. The number of benzene rings is 1. The van der Waals surface area contributed by atoms with E-state index < -0.39 is 0 Å². The highest BCUT2D eigenvalue weighted by Gasteiger charge is 2.19. The molecule has 0 bridgehead atoms. The molecule has 0 fully saturated rings. The molecule has 6 heteroatoms. The molecule has 0 unspecified atom stereocenters. The van der Waals surface area contributed by atoms with Gasteiger partial charge in [-0.3, -0.25) is 4.79 Å². The van der Waals surface area contributed by atoms with Crippen molar-refractivity contribution >= 4 is 39.7 Å². The Morgan fingerprint density at radius 3 is 2.73 bits per heavy atom. The van der Waals surface area contributed by atoms with Crippen LogP contribution < -0.4 is 0 Å². The maximum atomic E-state index is 12.8. The number of carbonyl (C=O) groups excluding carboxylic acids is 1. The number of carbonyl (C=O) groups is 1. The molecule has 4 nitrogen and oxygen atoms in total. The Hall–Kier alpha value is -1.95. The molecule has 0 saturated heterocycles. The molecule has 0 aliphatic carbocycles. The van der Waals surface area contributed by atoms with Gasteiger partial charge in [0.2, 0.25) is 0 Å². The zero-order valence-electron chi connectivity index (χ0n) is 15.1. The normalized spacial score (nSPS) is 11.1. The number of rotatable bonds is 6. The fraction of sp³-hybridized carbons (Fsp3) is 0.300. The molecular weight excluding hydrogens is 368 g/mol. The Labute approximate surface area is 162 Å². The molecule has 0 spiro atoms. The SMILES string of the molecule is COCCN(Cc1cc2cc(C)c(C)cc2nc1Cl)C(=O)c1cccs1. The maximum Gasteiger partial charge on any atom is 0.264 e. The molecule has 0 radical (unpaired) electrons. The minimum Gasteiger partial charge on any atom is -0.383 e. The minimum absolute atomic E-state index is 0.0201. The zero-order valence-corrected chi connectivity index (χ0v) is 16.7. The summed E-state index contributed by atoms with van der Waals surface area (Å²) in [5.74, 6) is -0.0201. The fourth-order valence-electron chi connectivity index (χ4n) is 2.79. The van der Waals surface area contributed by atoms with E-state index in [4.69, 9.17) is 16.3 Å². The second-order valence-electron chi connectivity index (χ2n) is 6.26. The quantitative estimate of drug-likeness (QED) is 0.566. The first-order valence-corrected chi connectivity index (χ1v) is 9.63. The molecule has 3 rings (SSSR count). The lowest BCUT2D eigenvalue weighted by Gasteiger charge is -2.22. The summed E-state index contributed by atoms with van der Waals surface area (Å²) >= 11 is 7.86. The van der Waals surface area contributed by atoms with Crippen LogP contribution in [0, 0.1) is 13.8 Å². The molecule has 0 aliphatic heterocycles. The molecular formula is C20H21ClN2O2S. The summed E-state index contributed by atoms with van der Waals surface area (Å²) in [5, 5.41) is 3.36. The first-order valence-electron chi connectivity index (χ1n) is 8.37. The van der Waals surface area contributed by atoms with Crippen molar-refractivity contribution in [1.29, 1.82) is 0 Å². The van der Waals surface area contributed by atoms with Crippen LogP contribution in [0.5, 0.6) is 0 Å². The van der Waals surface area contributed by atoms with Crippen LogP contribution in [0.3, 0.4) is 0 Å². The Bertz CT molecular complexity index is 925. The number of hydrogen-bond donors (Lipinski definition) is 0. The average Bonchev–Trinajstić information content (AvgIpc) is 3.14. The first-order chi connectivity index (χ1) is 12.5. The van der Waals surface area contributed by atoms with E-state index in [2.05, 4.69) is 24.9 Å². The van der Waals surface area contributed by atoms with Gasteiger partial charge >= 0.3 is 0 Å². The first kappa shape index (κ1) is 18.8. The van der Waals surface area contributed by atoms with Gasteiger partial charge in [0, 0.05) is 31.1 Å². The van der Waals surface area contributed by atoms with Gasteiger partial charge in [0.25, 0.3) is 5.91 Å². The second kappa shape index (κ2) is 8.16. The number of ether oxygens (including phenoxy) is 1. The lowest BCUT2D eigenvalue weighted by Crippen LogP contribution is -2.33. The van der Waals surface area contributed by atoms with Crippen molar-refractivity contribution in [1.82, 2.24) is 9.88 Å². The Morgan fingerprint density at radius 2 is 2.04 bits per heavy atom. The van der Waals surface area contributed by atoms with E-state index in [0.29, 0.717) is 29.7 Å².